The summed E-state index contributed by atoms with van der Waals surface area (Å²) < 4.78 is 37.1. The van der Waals surface area contributed by atoms with Crippen molar-refractivity contribution in [2.45, 2.75) is 113 Å². The van der Waals surface area contributed by atoms with Gasteiger partial charge in [-0.3, -0.25) is 9.69 Å². The fraction of sp³-hybridized carbons (Fsp3) is 0.451. The number of benzene rings is 3. The maximum Gasteiger partial charge on any atom is 0.268 e. The van der Waals surface area contributed by atoms with Gasteiger partial charge in [0.25, 0.3) is 15.9 Å². The quantitative estimate of drug-likeness (QED) is 0.0648. The van der Waals surface area contributed by atoms with Gasteiger partial charge in [0.05, 0.1) is 39.1 Å². The van der Waals surface area contributed by atoms with Crippen molar-refractivity contribution in [3.63, 3.8) is 0 Å². The number of nitrogens with two attached hydrogens (primary N) is 1. The first-order valence-corrected chi connectivity index (χ1v) is 25.0. The Bertz CT molecular complexity index is 2830. The Labute approximate surface area is 381 Å². The SMILES string of the molecule is CC(C)c1ccccc1[C@@H]1CCCN1C1CC2(CCN(c3ccc(C(=O)NS(=O)(=O)c4cc(N)c(NCC5CCC(C)(O)CC5)c5[nH]ccc45)c(Oc4cnc5[nH]ccc5c4)c3)CC2)C1. The molecular weight excluding hydrogens is 837 g/mol. The van der Waals surface area contributed by atoms with Gasteiger partial charge in [0, 0.05) is 66.6 Å². The predicted octanol–water partition coefficient (Wildman–Crippen LogP) is 9.60. The number of pyridine rings is 1. The number of nitrogen functional groups attached to an aromatic ring is 1. The molecule has 1 amide bonds. The number of ether oxygens (including phenoxy) is 1. The molecule has 2 aliphatic heterocycles. The molecule has 0 unspecified atom stereocenters. The molecule has 2 saturated heterocycles. The largest absolute Gasteiger partial charge is 0.455 e. The van der Waals surface area contributed by atoms with E-state index < -0.39 is 21.5 Å². The summed E-state index contributed by atoms with van der Waals surface area (Å²) in [5.74, 6) is 0.680. The van der Waals surface area contributed by atoms with Crippen LogP contribution in [0, 0.1) is 11.3 Å². The first-order chi connectivity index (χ1) is 31.2. The summed E-state index contributed by atoms with van der Waals surface area (Å²) in [7, 11) is -4.42. The van der Waals surface area contributed by atoms with Crippen LogP contribution in [0.4, 0.5) is 17.1 Å². The lowest BCUT2D eigenvalue weighted by Crippen LogP contribution is -2.54. The van der Waals surface area contributed by atoms with Crippen molar-refractivity contribution >= 4 is 54.9 Å². The van der Waals surface area contributed by atoms with E-state index in [9.17, 15) is 18.3 Å². The number of aliphatic hydroxyl groups is 1. The highest BCUT2D eigenvalue weighted by atomic mass is 32.2. The van der Waals surface area contributed by atoms with Crippen LogP contribution >= 0.6 is 0 Å². The molecule has 6 aromatic rings. The van der Waals surface area contributed by atoms with Crippen molar-refractivity contribution in [3.05, 3.63) is 102 Å². The summed E-state index contributed by atoms with van der Waals surface area (Å²) in [5.41, 5.74) is 12.3. The average molecular weight is 899 g/mol. The minimum atomic E-state index is -4.42. The van der Waals surface area contributed by atoms with E-state index >= 15 is 0 Å². The van der Waals surface area contributed by atoms with Gasteiger partial charge in [0.15, 0.2) is 0 Å². The number of aromatic nitrogens is 3. The minimum Gasteiger partial charge on any atom is -0.455 e. The monoisotopic (exact) mass is 898 g/mol. The number of likely N-dealkylation sites (tertiary alicyclic amines) is 1. The molecule has 14 heteroatoms. The molecule has 7 N–H and O–H groups in total. The zero-order chi connectivity index (χ0) is 45.1. The van der Waals surface area contributed by atoms with E-state index in [4.69, 9.17) is 10.5 Å². The van der Waals surface area contributed by atoms with Gasteiger partial charge < -0.3 is 35.8 Å². The van der Waals surface area contributed by atoms with E-state index in [1.165, 1.54) is 49.4 Å². The van der Waals surface area contributed by atoms with Gasteiger partial charge in [-0.05, 0) is 142 Å². The predicted molar refractivity (Wildman–Crippen MR) is 257 cm³/mol. The molecule has 65 heavy (non-hydrogen) atoms. The zero-order valence-electron chi connectivity index (χ0n) is 37.7. The van der Waals surface area contributed by atoms with Crippen molar-refractivity contribution in [3.8, 4) is 11.5 Å². The second-order valence-corrected chi connectivity index (χ2v) is 21.6. The number of hydrogen-bond acceptors (Lipinski definition) is 10. The van der Waals surface area contributed by atoms with Gasteiger partial charge in [-0.1, -0.05) is 38.1 Å². The Morgan fingerprint density at radius 2 is 1.74 bits per heavy atom. The number of nitrogens with one attached hydrogen (secondary N) is 4. The molecule has 5 heterocycles. The van der Waals surface area contributed by atoms with Crippen LogP contribution in [0.15, 0.2) is 90.2 Å². The van der Waals surface area contributed by atoms with E-state index in [0.717, 1.165) is 62.7 Å². The number of anilines is 3. The summed E-state index contributed by atoms with van der Waals surface area (Å²) in [6.45, 7) is 10.0. The molecule has 0 bridgehead atoms. The van der Waals surface area contributed by atoms with Crippen LogP contribution in [-0.2, 0) is 10.0 Å². The van der Waals surface area contributed by atoms with Crippen molar-refractivity contribution in [1.82, 2.24) is 24.6 Å². The van der Waals surface area contributed by atoms with Crippen LogP contribution in [0.3, 0.4) is 0 Å². The average Bonchev–Trinajstić information content (AvgIpc) is 4.07. The lowest BCUT2D eigenvalue weighted by Gasteiger charge is -2.56. The maximum atomic E-state index is 14.2. The van der Waals surface area contributed by atoms with Gasteiger partial charge in [-0.25, -0.2) is 18.1 Å². The Hall–Kier alpha value is -5.57. The van der Waals surface area contributed by atoms with Crippen molar-refractivity contribution in [2.75, 3.05) is 42.1 Å². The fourth-order valence-corrected chi connectivity index (χ4v) is 12.6. The number of amides is 1. The molecule has 342 valence electrons. The van der Waals surface area contributed by atoms with Crippen molar-refractivity contribution in [2.24, 2.45) is 11.3 Å². The van der Waals surface area contributed by atoms with Crippen molar-refractivity contribution in [1.29, 1.82) is 0 Å². The molecule has 2 aliphatic carbocycles. The number of rotatable bonds is 12. The van der Waals surface area contributed by atoms with Gasteiger partial charge >= 0.3 is 0 Å². The first-order valence-electron chi connectivity index (χ1n) is 23.5. The van der Waals surface area contributed by atoms with Gasteiger partial charge in [-0.2, -0.15) is 0 Å². The van der Waals surface area contributed by atoms with Crippen molar-refractivity contribution < 1.29 is 23.1 Å². The number of hydrogen-bond donors (Lipinski definition) is 6. The molecule has 4 fully saturated rings. The summed E-state index contributed by atoms with van der Waals surface area (Å²) in [6, 6.07) is 22.4. The normalized spacial score (nSPS) is 22.8. The summed E-state index contributed by atoms with van der Waals surface area (Å²) in [6.07, 6.45) is 15.4. The van der Waals surface area contributed by atoms with E-state index in [-0.39, 0.29) is 21.9 Å². The fourth-order valence-electron chi connectivity index (χ4n) is 11.4. The molecule has 0 radical (unpaired) electrons. The molecule has 1 spiro atoms. The molecule has 2 saturated carbocycles. The summed E-state index contributed by atoms with van der Waals surface area (Å²) >= 11 is 0. The van der Waals surface area contributed by atoms with Crippen LogP contribution in [0.5, 0.6) is 11.5 Å². The van der Waals surface area contributed by atoms with E-state index in [1.54, 1.807) is 30.7 Å². The second kappa shape index (κ2) is 17.0. The molecule has 10 rings (SSSR count). The van der Waals surface area contributed by atoms with Crippen LogP contribution in [-0.4, -0.2) is 77.1 Å². The topological polar surface area (TPSA) is 182 Å². The number of carbonyl (C=O) groups is 1. The Kier molecular flexibility index (Phi) is 11.3. The summed E-state index contributed by atoms with van der Waals surface area (Å²) in [4.78, 5) is 30.0. The smallest absolute Gasteiger partial charge is 0.268 e. The van der Waals surface area contributed by atoms with Crippen LogP contribution in [0.2, 0.25) is 0 Å². The van der Waals surface area contributed by atoms with Gasteiger partial charge in [0.2, 0.25) is 0 Å². The molecule has 13 nitrogen and oxygen atoms in total. The maximum absolute atomic E-state index is 14.2. The number of carbonyl (C=O) groups excluding carboxylic acids is 1. The number of fused-ring (bicyclic) bond motifs is 2. The molecule has 1 atom stereocenters. The number of piperidine rings is 1. The minimum absolute atomic E-state index is 0.0732. The Morgan fingerprint density at radius 3 is 2.52 bits per heavy atom. The van der Waals surface area contributed by atoms with Crippen LogP contribution in [0.25, 0.3) is 21.9 Å². The molecule has 4 aliphatic rings. The lowest BCUT2D eigenvalue weighted by atomic mass is 9.59. The molecule has 3 aromatic heterocycles. The number of aromatic amines is 2. The first kappa shape index (κ1) is 43.3. The number of sulfonamides is 1. The van der Waals surface area contributed by atoms with Gasteiger partial charge in [-0.15, -0.1) is 0 Å². The third-order valence-electron chi connectivity index (χ3n) is 15.2. The molecule has 3 aromatic carbocycles. The second-order valence-electron chi connectivity index (χ2n) is 20.0. The highest BCUT2D eigenvalue weighted by molar-refractivity contribution is 7.90. The number of nitrogens with zero attached hydrogens (tertiary/aromatic N) is 3. The molecular formula is C51H62N8O5S. The van der Waals surface area contributed by atoms with Crippen LogP contribution in [0.1, 0.15) is 118 Å². The number of H-pyrrole nitrogens is 2. The van der Waals surface area contributed by atoms with E-state index in [2.05, 4.69) is 72.9 Å². The van der Waals surface area contributed by atoms with Crippen LogP contribution < -0.4 is 25.4 Å². The zero-order valence-corrected chi connectivity index (χ0v) is 38.5. The van der Waals surface area contributed by atoms with E-state index in [0.29, 0.717) is 63.9 Å². The standard InChI is InChI=1S/C51H62N8O5S/c1-32(2)38-7-4-5-8-39(38)43-9-6-22-59(43)36-28-51(29-36)18-23-58(24-19-51)35-10-11-40(44(26-35)64-37-25-34-14-20-54-48(34)56-31-37)49(60)57-65(62,63)45-27-42(52)47(46-41(45)15-21-53-46)55-30-33-12-16-50(3,61)17-13-33/h4-5,7-8,10-11,14-15,20-21,25-27,31-33,36,43,53,55,61H,6,9,12-13,16-19,22-24,28-30,52H2,1-3H3,(H,54,56)(H,57,60)/t33?,43-,50?/m0/s1. The third kappa shape index (κ3) is 8.56. The Morgan fingerprint density at radius 1 is 0.969 bits per heavy atom. The van der Waals surface area contributed by atoms with E-state index in [1.807, 2.05) is 31.2 Å². The highest BCUT2D eigenvalue weighted by Crippen LogP contribution is 2.54. The van der Waals surface area contributed by atoms with Gasteiger partial charge in [0.1, 0.15) is 17.1 Å². The third-order valence-corrected chi connectivity index (χ3v) is 16.6. The Balaban J connectivity index is 0.854. The lowest BCUT2D eigenvalue weighted by molar-refractivity contribution is -0.0227. The summed E-state index contributed by atoms with van der Waals surface area (Å²) in [5, 5.41) is 15.1. The highest BCUT2D eigenvalue weighted by Gasteiger charge is 2.50.